The molecule has 0 radical (unpaired) electrons. The molecular weight excluding hydrogens is 251 g/mol. The summed E-state index contributed by atoms with van der Waals surface area (Å²) in [5.41, 5.74) is 4.81. The lowest BCUT2D eigenvalue weighted by Gasteiger charge is -2.38. The third-order valence-corrected chi connectivity index (χ3v) is 5.40. The third kappa shape index (κ3) is 1.90. The molecule has 0 nitrogen and oxygen atoms in total. The van der Waals surface area contributed by atoms with Gasteiger partial charge in [0.05, 0.1) is 0 Å². The van der Waals surface area contributed by atoms with Gasteiger partial charge in [0.2, 0.25) is 0 Å². The van der Waals surface area contributed by atoms with Crippen LogP contribution < -0.4 is 0 Å². The van der Waals surface area contributed by atoms with E-state index >= 15 is 0 Å². The van der Waals surface area contributed by atoms with Crippen LogP contribution in [-0.2, 0) is 6.42 Å². The lowest BCUT2D eigenvalue weighted by atomic mass is 9.67. The van der Waals surface area contributed by atoms with Gasteiger partial charge in [-0.2, -0.15) is 0 Å². The molecule has 1 saturated carbocycles. The summed E-state index contributed by atoms with van der Waals surface area (Å²) in [6.45, 7) is 4.59. The number of fused-ring (bicyclic) bond motifs is 3. The molecule has 0 N–H and O–H groups in total. The summed E-state index contributed by atoms with van der Waals surface area (Å²) in [4.78, 5) is 0. The number of hydrogen-bond acceptors (Lipinski definition) is 0. The summed E-state index contributed by atoms with van der Waals surface area (Å²) >= 11 is 6.45. The summed E-state index contributed by atoms with van der Waals surface area (Å²) in [6, 6.07) is 4.54. The first-order valence-corrected chi connectivity index (χ1v) is 6.77. The molecule has 0 aromatic heterocycles. The van der Waals surface area contributed by atoms with Crippen LogP contribution in [0.25, 0.3) is 0 Å². The van der Waals surface area contributed by atoms with E-state index in [2.05, 4.69) is 26.0 Å². The molecule has 94 valence electrons. The first-order chi connectivity index (χ1) is 7.62. The fourth-order valence-corrected chi connectivity index (χ4v) is 4.07. The molecule has 17 heavy (non-hydrogen) atoms. The first-order valence-electron chi connectivity index (χ1n) is 6.40. The van der Waals surface area contributed by atoms with Crippen molar-refractivity contribution in [2.75, 3.05) is 0 Å². The highest BCUT2D eigenvalue weighted by Crippen LogP contribution is 2.56. The van der Waals surface area contributed by atoms with E-state index in [1.807, 2.05) is 0 Å². The zero-order chi connectivity index (χ0) is 11.3. The van der Waals surface area contributed by atoms with E-state index in [-0.39, 0.29) is 12.4 Å². The van der Waals surface area contributed by atoms with Crippen LogP contribution in [0.1, 0.15) is 55.2 Å². The van der Waals surface area contributed by atoms with Crippen LogP contribution in [0, 0.1) is 12.3 Å². The first kappa shape index (κ1) is 13.2. The van der Waals surface area contributed by atoms with Gasteiger partial charge in [-0.1, -0.05) is 37.1 Å². The van der Waals surface area contributed by atoms with Gasteiger partial charge >= 0.3 is 0 Å². The predicted octanol–water partition coefficient (Wildman–Crippen LogP) is 5.29. The van der Waals surface area contributed by atoms with E-state index in [1.54, 1.807) is 5.56 Å². The van der Waals surface area contributed by atoms with Gasteiger partial charge in [-0.25, -0.2) is 0 Å². The molecule has 0 heterocycles. The fraction of sp³-hybridized carbons (Fsp3) is 0.600. The number of rotatable bonds is 0. The van der Waals surface area contributed by atoms with E-state index in [4.69, 9.17) is 11.6 Å². The maximum atomic E-state index is 6.45. The Bertz CT molecular complexity index is 439. The van der Waals surface area contributed by atoms with Crippen molar-refractivity contribution in [3.8, 4) is 0 Å². The molecule has 1 fully saturated rings. The van der Waals surface area contributed by atoms with Gasteiger partial charge in [-0.05, 0) is 60.6 Å². The molecule has 2 aliphatic rings. The zero-order valence-corrected chi connectivity index (χ0v) is 12.1. The lowest BCUT2D eigenvalue weighted by molar-refractivity contribution is 0.252. The molecule has 0 amide bonds. The van der Waals surface area contributed by atoms with Gasteiger partial charge in [0.25, 0.3) is 0 Å². The Balaban J connectivity index is 0.00000108. The molecular formula is C15H20Cl2. The van der Waals surface area contributed by atoms with Crippen molar-refractivity contribution < 1.29 is 0 Å². The minimum Gasteiger partial charge on any atom is -0.147 e. The summed E-state index contributed by atoms with van der Waals surface area (Å²) in [5.74, 6) is 0.773. The number of benzene rings is 1. The van der Waals surface area contributed by atoms with E-state index in [0.29, 0.717) is 5.41 Å². The van der Waals surface area contributed by atoms with Gasteiger partial charge < -0.3 is 0 Å². The Labute approximate surface area is 115 Å². The van der Waals surface area contributed by atoms with Crippen LogP contribution in [0.4, 0.5) is 0 Å². The van der Waals surface area contributed by atoms with Crippen LogP contribution in [0.15, 0.2) is 12.1 Å². The van der Waals surface area contributed by atoms with Crippen molar-refractivity contribution in [3.63, 3.8) is 0 Å². The molecule has 3 rings (SSSR count). The maximum Gasteiger partial charge on any atom is 0.0470 e. The van der Waals surface area contributed by atoms with Crippen molar-refractivity contribution in [2.24, 2.45) is 5.41 Å². The molecule has 2 atom stereocenters. The Morgan fingerprint density at radius 2 is 2.06 bits per heavy atom. The van der Waals surface area contributed by atoms with Crippen molar-refractivity contribution >= 4 is 24.0 Å². The average Bonchev–Trinajstić information content (AvgIpc) is 2.65. The molecule has 2 heteroatoms. The Kier molecular flexibility index (Phi) is 3.49. The number of hydrogen-bond donors (Lipinski definition) is 0. The highest BCUT2D eigenvalue weighted by molar-refractivity contribution is 6.32. The molecule has 1 aromatic rings. The topological polar surface area (TPSA) is 0 Å². The Hall–Kier alpha value is -0.200. The monoisotopic (exact) mass is 270 g/mol. The second-order valence-electron chi connectivity index (χ2n) is 5.86. The smallest absolute Gasteiger partial charge is 0.0470 e. The number of halogens is 2. The van der Waals surface area contributed by atoms with E-state index < -0.39 is 0 Å². The van der Waals surface area contributed by atoms with Gasteiger partial charge in [-0.15, -0.1) is 12.4 Å². The van der Waals surface area contributed by atoms with Crippen molar-refractivity contribution in [1.29, 1.82) is 0 Å². The average molecular weight is 271 g/mol. The molecule has 0 spiro atoms. The highest BCUT2D eigenvalue weighted by atomic mass is 35.5. The number of aryl methyl sites for hydroxylation is 1. The van der Waals surface area contributed by atoms with Crippen LogP contribution >= 0.6 is 24.0 Å². The molecule has 0 saturated heterocycles. The predicted molar refractivity (Wildman–Crippen MR) is 76.5 cm³/mol. The fourth-order valence-electron chi connectivity index (χ4n) is 3.81. The van der Waals surface area contributed by atoms with Crippen LogP contribution in [0.3, 0.4) is 0 Å². The van der Waals surface area contributed by atoms with Crippen molar-refractivity contribution in [3.05, 3.63) is 33.8 Å². The van der Waals surface area contributed by atoms with E-state index in [1.165, 1.54) is 43.2 Å². The molecule has 0 unspecified atom stereocenters. The highest BCUT2D eigenvalue weighted by Gasteiger charge is 2.43. The minimum absolute atomic E-state index is 0. The third-order valence-electron chi connectivity index (χ3n) is 4.88. The maximum absolute atomic E-state index is 6.45. The molecule has 0 bridgehead atoms. The summed E-state index contributed by atoms with van der Waals surface area (Å²) < 4.78 is 0. The second kappa shape index (κ2) is 4.48. The SMILES string of the molecule is Cc1ccc2c(c1Cl)CC[C@@]1(C)CCC[C@H]21.Cl. The van der Waals surface area contributed by atoms with Crippen molar-refractivity contribution in [2.45, 2.75) is 51.9 Å². The van der Waals surface area contributed by atoms with E-state index in [9.17, 15) is 0 Å². The lowest BCUT2D eigenvalue weighted by Crippen LogP contribution is -2.26. The van der Waals surface area contributed by atoms with Gasteiger partial charge in [0.15, 0.2) is 0 Å². The van der Waals surface area contributed by atoms with Gasteiger partial charge in [0.1, 0.15) is 0 Å². The van der Waals surface area contributed by atoms with Crippen LogP contribution in [0.2, 0.25) is 5.02 Å². The summed E-state index contributed by atoms with van der Waals surface area (Å²) in [6.07, 6.45) is 6.67. The van der Waals surface area contributed by atoms with Gasteiger partial charge in [-0.3, -0.25) is 0 Å². The molecule has 2 aliphatic carbocycles. The second-order valence-corrected chi connectivity index (χ2v) is 6.24. The largest absolute Gasteiger partial charge is 0.147 e. The Morgan fingerprint density at radius 3 is 2.82 bits per heavy atom. The van der Waals surface area contributed by atoms with Crippen molar-refractivity contribution in [1.82, 2.24) is 0 Å². The minimum atomic E-state index is 0. The van der Waals surface area contributed by atoms with Gasteiger partial charge in [0, 0.05) is 5.02 Å². The zero-order valence-electron chi connectivity index (χ0n) is 10.6. The Morgan fingerprint density at radius 1 is 1.29 bits per heavy atom. The summed E-state index contributed by atoms with van der Waals surface area (Å²) in [5, 5.41) is 1.03. The molecule has 1 aromatic carbocycles. The van der Waals surface area contributed by atoms with Crippen LogP contribution in [0.5, 0.6) is 0 Å². The summed E-state index contributed by atoms with van der Waals surface area (Å²) in [7, 11) is 0. The van der Waals surface area contributed by atoms with E-state index in [0.717, 1.165) is 10.9 Å². The molecule has 0 aliphatic heterocycles. The quantitative estimate of drug-likeness (QED) is 0.601. The van der Waals surface area contributed by atoms with Crippen LogP contribution in [-0.4, -0.2) is 0 Å². The normalized spacial score (nSPS) is 30.4. The standard InChI is InChI=1S/C15H19Cl.ClH/c1-10-5-6-11-12(14(10)16)7-9-15(2)8-3-4-13(11)15;/h5-6,13H,3-4,7-9H2,1-2H3;1H/t13-,15-;/m1./s1.